The third-order valence-corrected chi connectivity index (χ3v) is 3.84. The Labute approximate surface area is 120 Å². The predicted molar refractivity (Wildman–Crippen MR) is 74.6 cm³/mol. The second-order valence-corrected chi connectivity index (χ2v) is 6.43. The second kappa shape index (κ2) is 6.28. The molecule has 6 heteroatoms. The first kappa shape index (κ1) is 15.5. The Morgan fingerprint density at radius 3 is 2.50 bits per heavy atom. The molecule has 2 fully saturated rings. The van der Waals surface area contributed by atoms with Gasteiger partial charge in [-0.3, -0.25) is 4.90 Å². The number of aliphatic hydroxyl groups excluding tert-OH is 1. The van der Waals surface area contributed by atoms with E-state index < -0.39 is 5.60 Å². The van der Waals surface area contributed by atoms with Crippen molar-refractivity contribution in [3.8, 4) is 0 Å². The van der Waals surface area contributed by atoms with Crippen molar-refractivity contribution in [1.29, 1.82) is 0 Å². The largest absolute Gasteiger partial charge is 0.444 e. The van der Waals surface area contributed by atoms with Gasteiger partial charge < -0.3 is 19.5 Å². The number of aliphatic hydroxyl groups is 1. The van der Waals surface area contributed by atoms with Crippen LogP contribution in [-0.4, -0.2) is 78.1 Å². The molecule has 2 rings (SSSR count). The molecule has 2 heterocycles. The molecule has 0 spiro atoms. The van der Waals surface area contributed by atoms with Crippen molar-refractivity contribution in [1.82, 2.24) is 9.80 Å². The molecule has 116 valence electrons. The van der Waals surface area contributed by atoms with Crippen LogP contribution in [0.15, 0.2) is 0 Å². The first-order chi connectivity index (χ1) is 9.42. The van der Waals surface area contributed by atoms with Crippen molar-refractivity contribution in [2.75, 3.05) is 39.5 Å². The summed E-state index contributed by atoms with van der Waals surface area (Å²) in [5, 5.41) is 9.68. The highest BCUT2D eigenvalue weighted by molar-refractivity contribution is 5.69. The van der Waals surface area contributed by atoms with Gasteiger partial charge in [0.25, 0.3) is 0 Å². The normalized spacial score (nSPS) is 28.7. The van der Waals surface area contributed by atoms with Crippen LogP contribution in [0.5, 0.6) is 0 Å². The summed E-state index contributed by atoms with van der Waals surface area (Å²) in [7, 11) is 0. The van der Waals surface area contributed by atoms with Crippen molar-refractivity contribution in [3.05, 3.63) is 0 Å². The number of rotatable bonds is 2. The van der Waals surface area contributed by atoms with Gasteiger partial charge in [0, 0.05) is 25.7 Å². The third kappa shape index (κ3) is 3.62. The molecule has 0 saturated carbocycles. The quantitative estimate of drug-likeness (QED) is 0.809. The average Bonchev–Trinajstić information content (AvgIpc) is 2.81. The minimum atomic E-state index is -0.506. The molecule has 0 radical (unpaired) electrons. The van der Waals surface area contributed by atoms with Crippen LogP contribution in [-0.2, 0) is 9.47 Å². The van der Waals surface area contributed by atoms with Crippen molar-refractivity contribution < 1.29 is 19.4 Å². The first-order valence-electron chi connectivity index (χ1n) is 7.34. The zero-order chi connectivity index (χ0) is 14.8. The first-order valence-corrected chi connectivity index (χ1v) is 7.34. The van der Waals surface area contributed by atoms with Gasteiger partial charge in [0.2, 0.25) is 0 Å². The summed E-state index contributed by atoms with van der Waals surface area (Å²) in [6.07, 6.45) is 0.553. The molecule has 2 saturated heterocycles. The third-order valence-electron chi connectivity index (χ3n) is 3.84. The molecule has 0 aromatic heterocycles. The minimum absolute atomic E-state index is 0.0265. The maximum atomic E-state index is 12.2. The maximum absolute atomic E-state index is 12.2. The van der Waals surface area contributed by atoms with Crippen LogP contribution in [0.1, 0.15) is 27.2 Å². The van der Waals surface area contributed by atoms with E-state index in [0.717, 1.165) is 32.7 Å². The van der Waals surface area contributed by atoms with E-state index in [-0.39, 0.29) is 24.8 Å². The maximum Gasteiger partial charge on any atom is 0.410 e. The Morgan fingerprint density at radius 2 is 1.95 bits per heavy atom. The molecule has 0 aromatic rings. The van der Waals surface area contributed by atoms with E-state index >= 15 is 0 Å². The number of ether oxygens (including phenoxy) is 2. The lowest BCUT2D eigenvalue weighted by Crippen LogP contribution is -2.52. The Balaban J connectivity index is 2.00. The molecule has 0 aromatic carbocycles. The molecular formula is C14H26N2O4. The smallest absolute Gasteiger partial charge is 0.410 e. The molecular weight excluding hydrogens is 260 g/mol. The summed E-state index contributed by atoms with van der Waals surface area (Å²) in [5.41, 5.74) is -0.506. The van der Waals surface area contributed by atoms with E-state index in [9.17, 15) is 9.90 Å². The van der Waals surface area contributed by atoms with Gasteiger partial charge >= 0.3 is 6.09 Å². The Bertz CT molecular complexity index is 337. The Hall–Kier alpha value is -0.850. The molecule has 1 N–H and O–H groups in total. The SMILES string of the molecule is CC(C)(C)OC(=O)N1CC[C@H](N2CCOCC2)[C@H]1CO. The van der Waals surface area contributed by atoms with Gasteiger partial charge in [-0.05, 0) is 27.2 Å². The molecule has 1 amide bonds. The van der Waals surface area contributed by atoms with Crippen LogP contribution < -0.4 is 0 Å². The van der Waals surface area contributed by atoms with Gasteiger partial charge in [-0.15, -0.1) is 0 Å². The van der Waals surface area contributed by atoms with Crippen molar-refractivity contribution in [3.63, 3.8) is 0 Å². The number of carbonyl (C=O) groups is 1. The fourth-order valence-corrected chi connectivity index (χ4v) is 2.94. The van der Waals surface area contributed by atoms with Crippen molar-refractivity contribution in [2.45, 2.75) is 44.9 Å². The highest BCUT2D eigenvalue weighted by atomic mass is 16.6. The number of amides is 1. The van der Waals surface area contributed by atoms with Gasteiger partial charge in [0.05, 0.1) is 25.9 Å². The van der Waals surface area contributed by atoms with Crippen LogP contribution in [0.3, 0.4) is 0 Å². The Morgan fingerprint density at radius 1 is 1.30 bits per heavy atom. The fourth-order valence-electron chi connectivity index (χ4n) is 2.94. The lowest BCUT2D eigenvalue weighted by atomic mass is 10.1. The van der Waals surface area contributed by atoms with Gasteiger partial charge in [-0.2, -0.15) is 0 Å². The summed E-state index contributed by atoms with van der Waals surface area (Å²) in [6, 6.07) is 0.0272. The van der Waals surface area contributed by atoms with E-state index in [1.807, 2.05) is 20.8 Å². The molecule has 20 heavy (non-hydrogen) atoms. The molecule has 0 unspecified atom stereocenters. The van der Waals surface area contributed by atoms with Crippen LogP contribution in [0, 0.1) is 0 Å². The number of carbonyl (C=O) groups excluding carboxylic acids is 1. The molecule has 0 bridgehead atoms. The van der Waals surface area contributed by atoms with E-state index in [4.69, 9.17) is 9.47 Å². The second-order valence-electron chi connectivity index (χ2n) is 6.43. The van der Waals surface area contributed by atoms with Gasteiger partial charge in [0.1, 0.15) is 5.60 Å². The fraction of sp³-hybridized carbons (Fsp3) is 0.929. The molecule has 2 aliphatic rings. The monoisotopic (exact) mass is 286 g/mol. The average molecular weight is 286 g/mol. The van der Waals surface area contributed by atoms with Crippen molar-refractivity contribution in [2.24, 2.45) is 0 Å². The number of likely N-dealkylation sites (tertiary alicyclic amines) is 1. The lowest BCUT2D eigenvalue weighted by Gasteiger charge is -2.36. The molecule has 2 atom stereocenters. The highest BCUT2D eigenvalue weighted by Gasteiger charge is 2.41. The van der Waals surface area contributed by atoms with Crippen LogP contribution in [0.2, 0.25) is 0 Å². The minimum Gasteiger partial charge on any atom is -0.444 e. The number of morpholine rings is 1. The van der Waals surface area contributed by atoms with E-state index in [1.54, 1.807) is 4.90 Å². The number of hydrogen-bond donors (Lipinski definition) is 1. The van der Waals surface area contributed by atoms with Crippen LogP contribution in [0.25, 0.3) is 0 Å². The summed E-state index contributed by atoms with van der Waals surface area (Å²) in [5.74, 6) is 0. The van der Waals surface area contributed by atoms with E-state index in [1.165, 1.54) is 0 Å². The van der Waals surface area contributed by atoms with Crippen LogP contribution in [0.4, 0.5) is 4.79 Å². The van der Waals surface area contributed by atoms with E-state index in [2.05, 4.69) is 4.90 Å². The van der Waals surface area contributed by atoms with Gasteiger partial charge in [0.15, 0.2) is 0 Å². The number of hydrogen-bond acceptors (Lipinski definition) is 5. The summed E-state index contributed by atoms with van der Waals surface area (Å²) in [6.45, 7) is 9.36. The molecule has 0 aliphatic carbocycles. The van der Waals surface area contributed by atoms with Gasteiger partial charge in [-0.25, -0.2) is 4.79 Å². The topological polar surface area (TPSA) is 62.2 Å². The predicted octanol–water partition coefficient (Wildman–Crippen LogP) is 0.689. The Kier molecular flexibility index (Phi) is 4.88. The number of nitrogens with zero attached hydrogens (tertiary/aromatic N) is 2. The van der Waals surface area contributed by atoms with E-state index in [0.29, 0.717) is 6.54 Å². The molecule has 2 aliphatic heterocycles. The van der Waals surface area contributed by atoms with Gasteiger partial charge in [-0.1, -0.05) is 0 Å². The summed E-state index contributed by atoms with van der Waals surface area (Å²) < 4.78 is 10.8. The zero-order valence-corrected chi connectivity index (χ0v) is 12.7. The van der Waals surface area contributed by atoms with Crippen molar-refractivity contribution >= 4 is 6.09 Å². The summed E-state index contributed by atoms with van der Waals surface area (Å²) in [4.78, 5) is 16.2. The zero-order valence-electron chi connectivity index (χ0n) is 12.7. The standard InChI is InChI=1S/C14H26N2O4/c1-14(2,3)20-13(18)16-5-4-11(12(16)10-17)15-6-8-19-9-7-15/h11-12,17H,4-10H2,1-3H3/t11-,12+/m0/s1. The van der Waals surface area contributed by atoms with Crippen LogP contribution >= 0.6 is 0 Å². The lowest BCUT2D eigenvalue weighted by molar-refractivity contribution is -0.00926. The molecule has 6 nitrogen and oxygen atoms in total. The summed E-state index contributed by atoms with van der Waals surface area (Å²) >= 11 is 0. The highest BCUT2D eigenvalue weighted by Crippen LogP contribution is 2.25.